The van der Waals surface area contributed by atoms with Crippen molar-refractivity contribution in [3.63, 3.8) is 0 Å². The molecule has 1 unspecified atom stereocenters. The molecule has 1 heterocycles. The quantitative estimate of drug-likeness (QED) is 0.922. The van der Waals surface area contributed by atoms with E-state index in [1.807, 2.05) is 4.90 Å². The first-order valence-corrected chi connectivity index (χ1v) is 7.36. The van der Waals surface area contributed by atoms with E-state index in [1.165, 1.54) is 0 Å². The molecule has 0 radical (unpaired) electrons. The number of hydrogen-bond acceptors (Lipinski definition) is 3. The van der Waals surface area contributed by atoms with Crippen LogP contribution in [0.3, 0.4) is 0 Å². The maximum absolute atomic E-state index is 12.6. The zero-order valence-corrected chi connectivity index (χ0v) is 13.8. The molecule has 1 saturated heterocycles. The molecular weight excluding hydrogens is 311 g/mol. The van der Waals surface area contributed by atoms with Gasteiger partial charge in [-0.25, -0.2) is 0 Å². The molecule has 2 rings (SSSR count). The Morgan fingerprint density at radius 1 is 1.52 bits per heavy atom. The van der Waals surface area contributed by atoms with Crippen LogP contribution in [-0.2, 0) is 0 Å². The number of carbonyl (C=O) groups is 1. The lowest BCUT2D eigenvalue weighted by Crippen LogP contribution is -2.40. The second-order valence-electron chi connectivity index (χ2n) is 5.18. The molecule has 0 saturated carbocycles. The zero-order valence-electron chi connectivity index (χ0n) is 12.2. The van der Waals surface area contributed by atoms with E-state index in [-0.39, 0.29) is 18.3 Å². The predicted molar refractivity (Wildman–Crippen MR) is 87.6 cm³/mol. The van der Waals surface area contributed by atoms with Gasteiger partial charge in [0.2, 0.25) is 0 Å². The minimum Gasteiger partial charge on any atom is -0.496 e. The number of likely N-dealkylation sites (tertiary alicyclic amines) is 1. The van der Waals surface area contributed by atoms with Crippen LogP contribution < -0.4 is 10.5 Å². The highest BCUT2D eigenvalue weighted by Crippen LogP contribution is 2.27. The highest BCUT2D eigenvalue weighted by Gasteiger charge is 2.25. The van der Waals surface area contributed by atoms with E-state index >= 15 is 0 Å². The summed E-state index contributed by atoms with van der Waals surface area (Å²) in [6.07, 6.45) is 3.16. The summed E-state index contributed by atoms with van der Waals surface area (Å²) in [4.78, 5) is 14.5. The molecule has 1 aliphatic rings. The van der Waals surface area contributed by atoms with E-state index in [4.69, 9.17) is 22.1 Å². The molecule has 4 nitrogen and oxygen atoms in total. The van der Waals surface area contributed by atoms with E-state index in [0.29, 0.717) is 28.8 Å². The maximum atomic E-state index is 12.6. The highest BCUT2D eigenvalue weighted by molar-refractivity contribution is 6.30. The standard InChI is InChI=1S/C15H21ClN2O2.ClH/c1-20-14-9-12(16)4-5-13(14)15(19)18-8-2-3-11(10-18)6-7-17;/h4-5,9,11H,2-3,6-8,10,17H2,1H3;1H. The number of carbonyl (C=O) groups excluding carboxylic acids is 1. The van der Waals surface area contributed by atoms with Crippen LogP contribution >= 0.6 is 24.0 Å². The lowest BCUT2D eigenvalue weighted by Gasteiger charge is -2.33. The molecule has 0 aliphatic carbocycles. The number of nitrogens with two attached hydrogens (primary N) is 1. The lowest BCUT2D eigenvalue weighted by molar-refractivity contribution is 0.0666. The fraction of sp³-hybridized carbons (Fsp3) is 0.533. The Hall–Kier alpha value is -0.970. The zero-order chi connectivity index (χ0) is 14.5. The van der Waals surface area contributed by atoms with Gasteiger partial charge in [0, 0.05) is 18.1 Å². The maximum Gasteiger partial charge on any atom is 0.257 e. The van der Waals surface area contributed by atoms with Crippen molar-refractivity contribution in [1.29, 1.82) is 0 Å². The fourth-order valence-electron chi connectivity index (χ4n) is 2.73. The smallest absolute Gasteiger partial charge is 0.257 e. The molecule has 0 aromatic heterocycles. The fourth-order valence-corrected chi connectivity index (χ4v) is 2.90. The third-order valence-corrected chi connectivity index (χ3v) is 4.01. The Kier molecular flexibility index (Phi) is 7.29. The number of methoxy groups -OCH3 is 1. The van der Waals surface area contributed by atoms with Crippen LogP contribution in [0, 0.1) is 5.92 Å². The van der Waals surface area contributed by atoms with Gasteiger partial charge in [0.1, 0.15) is 5.75 Å². The van der Waals surface area contributed by atoms with Crippen LogP contribution in [0.2, 0.25) is 5.02 Å². The Morgan fingerprint density at radius 2 is 2.29 bits per heavy atom. The van der Waals surface area contributed by atoms with Gasteiger partial charge in [0.15, 0.2) is 0 Å². The van der Waals surface area contributed by atoms with Crippen LogP contribution in [0.5, 0.6) is 5.75 Å². The Balaban J connectivity index is 0.00000220. The molecule has 1 aliphatic heterocycles. The minimum atomic E-state index is 0. The molecule has 0 bridgehead atoms. The van der Waals surface area contributed by atoms with E-state index in [9.17, 15) is 4.79 Å². The number of nitrogens with zero attached hydrogens (tertiary/aromatic N) is 1. The number of amides is 1. The van der Waals surface area contributed by atoms with Crippen LogP contribution in [0.1, 0.15) is 29.6 Å². The number of piperidine rings is 1. The summed E-state index contributed by atoms with van der Waals surface area (Å²) in [5, 5.41) is 0.568. The third-order valence-electron chi connectivity index (χ3n) is 3.78. The molecule has 2 N–H and O–H groups in total. The van der Waals surface area contributed by atoms with Gasteiger partial charge >= 0.3 is 0 Å². The summed E-state index contributed by atoms with van der Waals surface area (Å²) in [5.41, 5.74) is 6.19. The van der Waals surface area contributed by atoms with Crippen LogP contribution in [-0.4, -0.2) is 37.6 Å². The first-order valence-electron chi connectivity index (χ1n) is 6.98. The van der Waals surface area contributed by atoms with Gasteiger partial charge in [-0.15, -0.1) is 12.4 Å². The summed E-state index contributed by atoms with van der Waals surface area (Å²) in [6.45, 7) is 2.25. The topological polar surface area (TPSA) is 55.6 Å². The summed E-state index contributed by atoms with van der Waals surface area (Å²) in [7, 11) is 1.55. The van der Waals surface area contributed by atoms with Crippen molar-refractivity contribution in [2.75, 3.05) is 26.7 Å². The summed E-state index contributed by atoms with van der Waals surface area (Å²) in [5.74, 6) is 1.06. The van der Waals surface area contributed by atoms with E-state index in [1.54, 1.807) is 25.3 Å². The first kappa shape index (κ1) is 18.1. The van der Waals surface area contributed by atoms with Crippen LogP contribution in [0.4, 0.5) is 0 Å². The van der Waals surface area contributed by atoms with Gasteiger partial charge in [0.25, 0.3) is 5.91 Å². The minimum absolute atomic E-state index is 0. The number of rotatable bonds is 4. The van der Waals surface area contributed by atoms with Crippen molar-refractivity contribution in [3.05, 3.63) is 28.8 Å². The average molecular weight is 333 g/mol. The van der Waals surface area contributed by atoms with Gasteiger partial charge in [0.05, 0.1) is 12.7 Å². The predicted octanol–water partition coefficient (Wildman–Crippen LogP) is 2.97. The molecular formula is C15H22Cl2N2O2. The molecule has 1 aromatic carbocycles. The van der Waals surface area contributed by atoms with Crippen molar-refractivity contribution in [3.8, 4) is 5.75 Å². The third kappa shape index (κ3) is 4.50. The van der Waals surface area contributed by atoms with E-state index < -0.39 is 0 Å². The number of hydrogen-bond donors (Lipinski definition) is 1. The second kappa shape index (κ2) is 8.47. The van der Waals surface area contributed by atoms with Crippen molar-refractivity contribution in [2.45, 2.75) is 19.3 Å². The van der Waals surface area contributed by atoms with Gasteiger partial charge in [-0.05, 0) is 49.9 Å². The van der Waals surface area contributed by atoms with Crippen LogP contribution in [0.15, 0.2) is 18.2 Å². The van der Waals surface area contributed by atoms with E-state index in [0.717, 1.165) is 32.4 Å². The summed E-state index contributed by atoms with van der Waals surface area (Å²) < 4.78 is 5.26. The number of halogens is 2. The normalized spacial score (nSPS) is 18.0. The lowest BCUT2D eigenvalue weighted by atomic mass is 9.94. The average Bonchev–Trinajstić information content (AvgIpc) is 2.47. The summed E-state index contributed by atoms with van der Waals surface area (Å²) in [6, 6.07) is 5.13. The molecule has 1 amide bonds. The first-order chi connectivity index (χ1) is 9.65. The Bertz CT molecular complexity index is 481. The molecule has 1 aromatic rings. The molecule has 6 heteroatoms. The van der Waals surface area contributed by atoms with Crippen molar-refractivity contribution >= 4 is 29.9 Å². The number of ether oxygens (including phenoxy) is 1. The Morgan fingerprint density at radius 3 is 2.95 bits per heavy atom. The Labute approximate surface area is 137 Å². The van der Waals surface area contributed by atoms with Crippen molar-refractivity contribution in [1.82, 2.24) is 4.90 Å². The summed E-state index contributed by atoms with van der Waals surface area (Å²) >= 11 is 5.93. The SMILES string of the molecule is COc1cc(Cl)ccc1C(=O)N1CCCC(CCN)C1.Cl. The van der Waals surface area contributed by atoms with Crippen molar-refractivity contribution < 1.29 is 9.53 Å². The molecule has 118 valence electrons. The number of benzene rings is 1. The monoisotopic (exact) mass is 332 g/mol. The van der Waals surface area contributed by atoms with Gasteiger partial charge in [-0.1, -0.05) is 11.6 Å². The highest BCUT2D eigenvalue weighted by atomic mass is 35.5. The largest absolute Gasteiger partial charge is 0.496 e. The van der Waals surface area contributed by atoms with Crippen molar-refractivity contribution in [2.24, 2.45) is 11.7 Å². The van der Waals surface area contributed by atoms with Crippen LogP contribution in [0.25, 0.3) is 0 Å². The van der Waals surface area contributed by atoms with E-state index in [2.05, 4.69) is 0 Å². The van der Waals surface area contributed by atoms with Gasteiger partial charge in [-0.2, -0.15) is 0 Å². The second-order valence-corrected chi connectivity index (χ2v) is 5.62. The van der Waals surface area contributed by atoms with Gasteiger partial charge in [-0.3, -0.25) is 4.79 Å². The molecule has 21 heavy (non-hydrogen) atoms. The molecule has 1 atom stereocenters. The van der Waals surface area contributed by atoms with Gasteiger partial charge < -0.3 is 15.4 Å². The molecule has 0 spiro atoms. The molecule has 1 fully saturated rings.